The molecular formula is C19H25N5O. The molecule has 1 saturated heterocycles. The third kappa shape index (κ3) is 3.45. The van der Waals surface area contributed by atoms with Crippen LogP contribution in [0.4, 0.5) is 0 Å². The van der Waals surface area contributed by atoms with E-state index < -0.39 is 5.60 Å². The van der Waals surface area contributed by atoms with E-state index in [2.05, 4.69) is 38.7 Å². The Morgan fingerprint density at radius 3 is 2.84 bits per heavy atom. The van der Waals surface area contributed by atoms with Gasteiger partial charge in [0, 0.05) is 50.3 Å². The van der Waals surface area contributed by atoms with Crippen LogP contribution in [0.15, 0.2) is 43.0 Å². The van der Waals surface area contributed by atoms with Gasteiger partial charge in [-0.15, -0.1) is 0 Å². The molecule has 0 saturated carbocycles. The lowest BCUT2D eigenvalue weighted by atomic mass is 9.91. The Kier molecular flexibility index (Phi) is 4.31. The van der Waals surface area contributed by atoms with Gasteiger partial charge in [-0.1, -0.05) is 0 Å². The standard InChI is InChI=1S/C19H25N5O/c1-2-24-14-16(12-21-24)13-22-10-6-19(25,7-11-22)15-23-9-5-17-18(23)4-3-8-20-17/h3-5,8-9,12,14,25H,2,6-7,10-11,13,15H2,1H3. The molecule has 0 atom stereocenters. The van der Waals surface area contributed by atoms with Crippen molar-refractivity contribution >= 4 is 11.0 Å². The van der Waals surface area contributed by atoms with Crippen molar-refractivity contribution < 1.29 is 5.11 Å². The number of rotatable bonds is 5. The minimum atomic E-state index is -0.647. The van der Waals surface area contributed by atoms with E-state index in [0.29, 0.717) is 6.54 Å². The molecule has 4 heterocycles. The van der Waals surface area contributed by atoms with Crippen LogP contribution >= 0.6 is 0 Å². The molecule has 0 aromatic carbocycles. The van der Waals surface area contributed by atoms with Crippen LogP contribution in [0.5, 0.6) is 0 Å². The lowest BCUT2D eigenvalue weighted by Crippen LogP contribution is -2.46. The molecule has 1 N–H and O–H groups in total. The maximum Gasteiger partial charge on any atom is 0.0880 e. The number of likely N-dealkylation sites (tertiary alicyclic amines) is 1. The Labute approximate surface area is 147 Å². The first-order chi connectivity index (χ1) is 12.1. The Hall–Kier alpha value is -2.18. The predicted octanol–water partition coefficient (Wildman–Crippen LogP) is 2.28. The summed E-state index contributed by atoms with van der Waals surface area (Å²) in [6.45, 7) is 6.35. The number of aryl methyl sites for hydroxylation is 1. The lowest BCUT2D eigenvalue weighted by molar-refractivity contribution is -0.0349. The molecule has 0 unspecified atom stereocenters. The van der Waals surface area contributed by atoms with Crippen molar-refractivity contribution in [1.82, 2.24) is 24.2 Å². The summed E-state index contributed by atoms with van der Waals surface area (Å²) in [4.78, 5) is 6.77. The van der Waals surface area contributed by atoms with E-state index in [1.54, 1.807) is 6.20 Å². The Bertz CT molecular complexity index is 844. The normalized spacial score (nSPS) is 18.0. The van der Waals surface area contributed by atoms with Gasteiger partial charge in [-0.25, -0.2) is 0 Å². The van der Waals surface area contributed by atoms with Gasteiger partial charge >= 0.3 is 0 Å². The van der Waals surface area contributed by atoms with Crippen LogP contribution in [0, 0.1) is 0 Å². The first-order valence-electron chi connectivity index (χ1n) is 9.01. The maximum absolute atomic E-state index is 11.0. The van der Waals surface area contributed by atoms with Crippen molar-refractivity contribution in [3.8, 4) is 0 Å². The largest absolute Gasteiger partial charge is 0.388 e. The predicted molar refractivity (Wildman–Crippen MR) is 97.1 cm³/mol. The zero-order chi connectivity index (χ0) is 17.3. The SMILES string of the molecule is CCn1cc(CN2CCC(O)(Cn3ccc4ncccc43)CC2)cn1. The molecule has 0 radical (unpaired) electrons. The molecule has 1 aliphatic rings. The van der Waals surface area contributed by atoms with Gasteiger partial charge in [-0.2, -0.15) is 5.10 Å². The third-order valence-electron chi connectivity index (χ3n) is 5.21. The van der Waals surface area contributed by atoms with Crippen LogP contribution in [-0.2, 0) is 19.6 Å². The summed E-state index contributed by atoms with van der Waals surface area (Å²) in [5.41, 5.74) is 2.67. The summed E-state index contributed by atoms with van der Waals surface area (Å²) >= 11 is 0. The Morgan fingerprint density at radius 2 is 2.08 bits per heavy atom. The molecule has 0 bridgehead atoms. The van der Waals surface area contributed by atoms with E-state index in [4.69, 9.17) is 0 Å². The average Bonchev–Trinajstić information content (AvgIpc) is 3.24. The lowest BCUT2D eigenvalue weighted by Gasteiger charge is -2.38. The van der Waals surface area contributed by atoms with E-state index in [1.165, 1.54) is 5.56 Å². The minimum Gasteiger partial charge on any atom is -0.388 e. The molecule has 6 nitrogen and oxygen atoms in total. The highest BCUT2D eigenvalue weighted by Gasteiger charge is 2.33. The number of aromatic nitrogens is 4. The summed E-state index contributed by atoms with van der Waals surface area (Å²) in [6.07, 6.45) is 9.47. The molecule has 4 rings (SSSR count). The molecule has 0 spiro atoms. The summed E-state index contributed by atoms with van der Waals surface area (Å²) in [5, 5.41) is 15.4. The molecule has 0 amide bonds. The van der Waals surface area contributed by atoms with Crippen molar-refractivity contribution in [3.05, 3.63) is 48.5 Å². The second kappa shape index (κ2) is 6.61. The van der Waals surface area contributed by atoms with Gasteiger partial charge in [0.25, 0.3) is 0 Å². The highest BCUT2D eigenvalue weighted by molar-refractivity contribution is 5.75. The molecule has 132 valence electrons. The van der Waals surface area contributed by atoms with Crippen molar-refractivity contribution in [2.75, 3.05) is 13.1 Å². The van der Waals surface area contributed by atoms with Crippen molar-refractivity contribution in [2.24, 2.45) is 0 Å². The van der Waals surface area contributed by atoms with Crippen LogP contribution in [0.2, 0.25) is 0 Å². The van der Waals surface area contributed by atoms with Gasteiger partial charge < -0.3 is 9.67 Å². The molecule has 25 heavy (non-hydrogen) atoms. The topological polar surface area (TPSA) is 59.1 Å². The fourth-order valence-electron chi connectivity index (χ4n) is 3.68. The zero-order valence-corrected chi connectivity index (χ0v) is 14.7. The molecule has 6 heteroatoms. The Morgan fingerprint density at radius 1 is 1.24 bits per heavy atom. The van der Waals surface area contributed by atoms with E-state index >= 15 is 0 Å². The Balaban J connectivity index is 1.38. The first kappa shape index (κ1) is 16.3. The maximum atomic E-state index is 11.0. The number of piperidine rings is 1. The fraction of sp³-hybridized carbons (Fsp3) is 0.474. The molecule has 1 fully saturated rings. The van der Waals surface area contributed by atoms with E-state index in [0.717, 1.165) is 50.1 Å². The number of hydrogen-bond donors (Lipinski definition) is 1. The summed E-state index contributed by atoms with van der Waals surface area (Å²) in [7, 11) is 0. The summed E-state index contributed by atoms with van der Waals surface area (Å²) < 4.78 is 4.09. The molecular weight excluding hydrogens is 314 g/mol. The van der Waals surface area contributed by atoms with Gasteiger partial charge in [-0.05, 0) is 38.0 Å². The third-order valence-corrected chi connectivity index (χ3v) is 5.21. The number of aliphatic hydroxyl groups is 1. The average molecular weight is 339 g/mol. The fourth-order valence-corrected chi connectivity index (χ4v) is 3.68. The van der Waals surface area contributed by atoms with Crippen LogP contribution in [0.1, 0.15) is 25.3 Å². The van der Waals surface area contributed by atoms with Gasteiger partial charge in [0.15, 0.2) is 0 Å². The van der Waals surface area contributed by atoms with Crippen LogP contribution < -0.4 is 0 Å². The first-order valence-corrected chi connectivity index (χ1v) is 9.01. The van der Waals surface area contributed by atoms with Gasteiger partial charge in [-0.3, -0.25) is 14.6 Å². The van der Waals surface area contributed by atoms with Crippen molar-refractivity contribution in [1.29, 1.82) is 0 Å². The molecule has 0 aliphatic carbocycles. The smallest absolute Gasteiger partial charge is 0.0880 e. The molecule has 3 aromatic rings. The monoisotopic (exact) mass is 339 g/mol. The minimum absolute atomic E-state index is 0.629. The summed E-state index contributed by atoms with van der Waals surface area (Å²) in [6, 6.07) is 6.02. The quantitative estimate of drug-likeness (QED) is 0.775. The molecule has 1 aliphatic heterocycles. The van der Waals surface area contributed by atoms with Crippen LogP contribution in [0.25, 0.3) is 11.0 Å². The van der Waals surface area contributed by atoms with E-state index in [1.807, 2.05) is 29.2 Å². The highest BCUT2D eigenvalue weighted by Crippen LogP contribution is 2.27. The number of pyridine rings is 1. The van der Waals surface area contributed by atoms with Gasteiger partial charge in [0.1, 0.15) is 0 Å². The zero-order valence-electron chi connectivity index (χ0n) is 14.7. The van der Waals surface area contributed by atoms with Crippen LogP contribution in [0.3, 0.4) is 0 Å². The molecule has 3 aromatic heterocycles. The van der Waals surface area contributed by atoms with Crippen LogP contribution in [-0.4, -0.2) is 48.0 Å². The number of nitrogens with zero attached hydrogens (tertiary/aromatic N) is 5. The van der Waals surface area contributed by atoms with Gasteiger partial charge in [0.2, 0.25) is 0 Å². The van der Waals surface area contributed by atoms with Crippen molar-refractivity contribution in [2.45, 2.75) is 45.0 Å². The number of fused-ring (bicyclic) bond motifs is 1. The second-order valence-electron chi connectivity index (χ2n) is 7.06. The van der Waals surface area contributed by atoms with E-state index in [9.17, 15) is 5.11 Å². The summed E-state index contributed by atoms with van der Waals surface area (Å²) in [5.74, 6) is 0. The highest BCUT2D eigenvalue weighted by atomic mass is 16.3. The second-order valence-corrected chi connectivity index (χ2v) is 7.06. The van der Waals surface area contributed by atoms with E-state index in [-0.39, 0.29) is 0 Å². The van der Waals surface area contributed by atoms with Crippen molar-refractivity contribution in [3.63, 3.8) is 0 Å². The van der Waals surface area contributed by atoms with Gasteiger partial charge in [0.05, 0.1) is 29.4 Å². The number of hydrogen-bond acceptors (Lipinski definition) is 4.